The predicted octanol–water partition coefficient (Wildman–Crippen LogP) is 3.80. The quantitative estimate of drug-likeness (QED) is 0.841. The lowest BCUT2D eigenvalue weighted by atomic mass is 10.3. The van der Waals surface area contributed by atoms with Gasteiger partial charge < -0.3 is 10.1 Å². The van der Waals surface area contributed by atoms with Crippen molar-refractivity contribution in [3.8, 4) is 5.75 Å². The lowest BCUT2D eigenvalue weighted by molar-refractivity contribution is -0.111. The monoisotopic (exact) mass is 273 g/mol. The number of para-hydroxylation sites is 2. The van der Waals surface area contributed by atoms with Crippen molar-refractivity contribution in [2.45, 2.75) is 6.92 Å². The van der Waals surface area contributed by atoms with Crippen LogP contribution in [0.15, 0.2) is 47.9 Å². The van der Waals surface area contributed by atoms with Crippen LogP contribution in [0.5, 0.6) is 5.75 Å². The van der Waals surface area contributed by atoms with E-state index in [1.54, 1.807) is 17.4 Å². The molecule has 3 nitrogen and oxygen atoms in total. The van der Waals surface area contributed by atoms with E-state index in [0.29, 0.717) is 18.0 Å². The Morgan fingerprint density at radius 3 is 2.89 bits per heavy atom. The molecule has 0 spiro atoms. The minimum absolute atomic E-state index is 0.166. The van der Waals surface area contributed by atoms with Crippen LogP contribution in [-0.4, -0.2) is 12.5 Å². The summed E-state index contributed by atoms with van der Waals surface area (Å²) in [5.74, 6) is 0.517. The van der Waals surface area contributed by atoms with Crippen molar-refractivity contribution in [2.75, 3.05) is 11.9 Å². The fraction of sp³-hybridized carbons (Fsp3) is 0.133. The van der Waals surface area contributed by atoms with Gasteiger partial charge in [-0.15, -0.1) is 11.3 Å². The van der Waals surface area contributed by atoms with Gasteiger partial charge in [0.2, 0.25) is 5.91 Å². The van der Waals surface area contributed by atoms with Crippen LogP contribution in [-0.2, 0) is 4.79 Å². The molecule has 1 heterocycles. The zero-order chi connectivity index (χ0) is 13.5. The highest BCUT2D eigenvalue weighted by atomic mass is 32.1. The van der Waals surface area contributed by atoms with E-state index in [4.69, 9.17) is 4.74 Å². The van der Waals surface area contributed by atoms with Crippen molar-refractivity contribution in [3.63, 3.8) is 0 Å². The number of benzene rings is 1. The molecule has 0 saturated carbocycles. The molecule has 0 radical (unpaired) electrons. The van der Waals surface area contributed by atoms with Crippen LogP contribution in [0.25, 0.3) is 6.08 Å². The molecule has 0 saturated heterocycles. The summed E-state index contributed by atoms with van der Waals surface area (Å²) in [5, 5.41) is 4.79. The normalized spacial score (nSPS) is 10.6. The molecule has 1 aromatic heterocycles. The van der Waals surface area contributed by atoms with Gasteiger partial charge >= 0.3 is 0 Å². The maximum atomic E-state index is 11.8. The molecule has 4 heteroatoms. The highest BCUT2D eigenvalue weighted by Gasteiger charge is 2.04. The minimum Gasteiger partial charge on any atom is -0.492 e. The average molecular weight is 273 g/mol. The van der Waals surface area contributed by atoms with E-state index < -0.39 is 0 Å². The first-order valence-electron chi connectivity index (χ1n) is 6.04. The van der Waals surface area contributed by atoms with E-state index in [-0.39, 0.29) is 5.91 Å². The Bertz CT molecular complexity index is 561. The molecule has 0 aliphatic carbocycles. The summed E-state index contributed by atoms with van der Waals surface area (Å²) in [4.78, 5) is 12.9. The molecular formula is C15H15NO2S. The molecule has 0 fully saturated rings. The molecule has 1 aromatic carbocycles. The number of rotatable bonds is 5. The zero-order valence-electron chi connectivity index (χ0n) is 10.6. The van der Waals surface area contributed by atoms with E-state index in [1.165, 1.54) is 6.08 Å². The maximum absolute atomic E-state index is 11.8. The van der Waals surface area contributed by atoms with Gasteiger partial charge in [-0.1, -0.05) is 18.2 Å². The van der Waals surface area contributed by atoms with Gasteiger partial charge in [0.1, 0.15) is 5.75 Å². The summed E-state index contributed by atoms with van der Waals surface area (Å²) >= 11 is 1.59. The smallest absolute Gasteiger partial charge is 0.248 e. The average Bonchev–Trinajstić information content (AvgIpc) is 2.92. The van der Waals surface area contributed by atoms with Crippen LogP contribution in [0, 0.1) is 0 Å². The Morgan fingerprint density at radius 2 is 2.16 bits per heavy atom. The molecular weight excluding hydrogens is 258 g/mol. The van der Waals surface area contributed by atoms with Gasteiger partial charge in [-0.25, -0.2) is 0 Å². The van der Waals surface area contributed by atoms with Gasteiger partial charge in [-0.05, 0) is 36.6 Å². The first-order chi connectivity index (χ1) is 9.29. The van der Waals surface area contributed by atoms with Gasteiger partial charge in [0, 0.05) is 11.0 Å². The van der Waals surface area contributed by atoms with Crippen molar-refractivity contribution in [3.05, 3.63) is 52.7 Å². The fourth-order valence-electron chi connectivity index (χ4n) is 1.57. The van der Waals surface area contributed by atoms with Crippen molar-refractivity contribution in [2.24, 2.45) is 0 Å². The third kappa shape index (κ3) is 3.96. The molecule has 19 heavy (non-hydrogen) atoms. The summed E-state index contributed by atoms with van der Waals surface area (Å²) < 4.78 is 5.45. The Kier molecular flexibility index (Phi) is 4.75. The predicted molar refractivity (Wildman–Crippen MR) is 79.6 cm³/mol. The first kappa shape index (κ1) is 13.4. The maximum Gasteiger partial charge on any atom is 0.248 e. The molecule has 2 rings (SSSR count). The Balaban J connectivity index is 2.02. The number of carbonyl (C=O) groups is 1. The Morgan fingerprint density at radius 1 is 1.32 bits per heavy atom. The number of nitrogens with one attached hydrogen (secondary N) is 1. The summed E-state index contributed by atoms with van der Waals surface area (Å²) in [7, 11) is 0. The number of ether oxygens (including phenoxy) is 1. The molecule has 98 valence electrons. The molecule has 0 atom stereocenters. The Labute approximate surface area is 116 Å². The van der Waals surface area contributed by atoms with E-state index in [9.17, 15) is 4.79 Å². The highest BCUT2D eigenvalue weighted by Crippen LogP contribution is 2.23. The topological polar surface area (TPSA) is 38.3 Å². The van der Waals surface area contributed by atoms with Crippen molar-refractivity contribution < 1.29 is 9.53 Å². The largest absolute Gasteiger partial charge is 0.492 e. The molecule has 0 bridgehead atoms. The van der Waals surface area contributed by atoms with Gasteiger partial charge in [0.05, 0.1) is 12.3 Å². The van der Waals surface area contributed by atoms with Crippen LogP contribution >= 0.6 is 11.3 Å². The van der Waals surface area contributed by atoms with Crippen LogP contribution in [0.3, 0.4) is 0 Å². The van der Waals surface area contributed by atoms with Crippen molar-refractivity contribution >= 4 is 29.0 Å². The lowest BCUT2D eigenvalue weighted by Gasteiger charge is -2.09. The van der Waals surface area contributed by atoms with Crippen LogP contribution in [0.1, 0.15) is 11.8 Å². The number of carbonyl (C=O) groups excluding carboxylic acids is 1. The van der Waals surface area contributed by atoms with Gasteiger partial charge in [0.25, 0.3) is 0 Å². The summed E-state index contributed by atoms with van der Waals surface area (Å²) in [6.07, 6.45) is 3.32. The van der Waals surface area contributed by atoms with Gasteiger partial charge in [-0.3, -0.25) is 4.79 Å². The van der Waals surface area contributed by atoms with Gasteiger partial charge in [0.15, 0.2) is 0 Å². The van der Waals surface area contributed by atoms with E-state index >= 15 is 0 Å². The van der Waals surface area contributed by atoms with Gasteiger partial charge in [-0.2, -0.15) is 0 Å². The van der Waals surface area contributed by atoms with Crippen molar-refractivity contribution in [1.82, 2.24) is 0 Å². The third-order valence-corrected chi connectivity index (χ3v) is 3.22. The molecule has 0 aliphatic heterocycles. The molecule has 1 N–H and O–H groups in total. The fourth-order valence-corrected chi connectivity index (χ4v) is 2.19. The summed E-state index contributed by atoms with van der Waals surface area (Å²) in [6.45, 7) is 2.48. The number of thiophene rings is 1. The second-order valence-electron chi connectivity index (χ2n) is 3.77. The van der Waals surface area contributed by atoms with Crippen LogP contribution < -0.4 is 10.1 Å². The van der Waals surface area contributed by atoms with E-state index in [0.717, 1.165) is 4.88 Å². The standard InChI is InChI=1S/C15H15NO2S/c1-2-18-14-8-4-3-7-13(14)16-15(17)10-9-12-6-5-11-19-12/h3-11H,2H2,1H3,(H,16,17)/b10-9-. The van der Waals surface area contributed by atoms with Crippen LogP contribution in [0.2, 0.25) is 0 Å². The third-order valence-electron chi connectivity index (χ3n) is 2.39. The number of amides is 1. The number of hydrogen-bond donors (Lipinski definition) is 1. The second kappa shape index (κ2) is 6.75. The minimum atomic E-state index is -0.166. The van der Waals surface area contributed by atoms with Crippen LogP contribution in [0.4, 0.5) is 5.69 Å². The highest BCUT2D eigenvalue weighted by molar-refractivity contribution is 7.10. The summed E-state index contributed by atoms with van der Waals surface area (Å²) in [5.41, 5.74) is 0.685. The number of hydrogen-bond acceptors (Lipinski definition) is 3. The Hall–Kier alpha value is -2.07. The second-order valence-corrected chi connectivity index (χ2v) is 4.75. The zero-order valence-corrected chi connectivity index (χ0v) is 11.4. The van der Waals surface area contributed by atoms with Crippen molar-refractivity contribution in [1.29, 1.82) is 0 Å². The van der Waals surface area contributed by atoms with E-state index in [1.807, 2.05) is 48.7 Å². The van der Waals surface area contributed by atoms with E-state index in [2.05, 4.69) is 5.32 Å². The lowest BCUT2D eigenvalue weighted by Crippen LogP contribution is -2.09. The number of anilines is 1. The first-order valence-corrected chi connectivity index (χ1v) is 6.92. The molecule has 0 unspecified atom stereocenters. The molecule has 0 aliphatic rings. The molecule has 1 amide bonds. The summed E-state index contributed by atoms with van der Waals surface area (Å²) in [6, 6.07) is 11.3. The molecule has 2 aromatic rings. The SMILES string of the molecule is CCOc1ccccc1NC(=O)/C=C\c1cccs1.